The Bertz CT molecular complexity index is 790. The molecule has 2 rings (SSSR count). The molecular weight excluding hydrogens is 362 g/mol. The molecule has 0 aliphatic heterocycles. The zero-order valence-corrected chi connectivity index (χ0v) is 13.4. The second-order valence-corrected chi connectivity index (χ2v) is 5.32. The summed E-state index contributed by atoms with van der Waals surface area (Å²) in [6.45, 7) is -1.51. The van der Waals surface area contributed by atoms with Crippen LogP contribution in [0.5, 0.6) is 5.75 Å². The van der Waals surface area contributed by atoms with Gasteiger partial charge in [-0.3, -0.25) is 4.79 Å². The lowest BCUT2D eigenvalue weighted by molar-refractivity contribution is -0.153. The second kappa shape index (κ2) is 8.02. The van der Waals surface area contributed by atoms with Crippen molar-refractivity contribution in [2.75, 3.05) is 11.9 Å². The summed E-state index contributed by atoms with van der Waals surface area (Å²) in [5.41, 5.74) is 0.164. The lowest BCUT2D eigenvalue weighted by atomic mass is 10.2. The van der Waals surface area contributed by atoms with Crippen LogP contribution < -0.4 is 10.1 Å². The molecule has 0 aliphatic rings. The Morgan fingerprint density at radius 1 is 1.20 bits per heavy atom. The highest BCUT2D eigenvalue weighted by atomic mass is 35.5. The highest BCUT2D eigenvalue weighted by molar-refractivity contribution is 6.31. The van der Waals surface area contributed by atoms with E-state index in [2.05, 4.69) is 10.1 Å². The topological polar surface area (TPSA) is 38.3 Å². The van der Waals surface area contributed by atoms with Crippen molar-refractivity contribution >= 4 is 29.3 Å². The summed E-state index contributed by atoms with van der Waals surface area (Å²) in [6, 6.07) is 9.60. The van der Waals surface area contributed by atoms with Crippen LogP contribution in [0.4, 0.5) is 23.2 Å². The zero-order valence-electron chi connectivity index (χ0n) is 12.6. The van der Waals surface area contributed by atoms with Crippen molar-refractivity contribution in [3.05, 3.63) is 64.9 Å². The van der Waals surface area contributed by atoms with Crippen molar-refractivity contribution in [3.63, 3.8) is 0 Å². The van der Waals surface area contributed by atoms with E-state index in [9.17, 15) is 22.4 Å². The average Bonchev–Trinajstić information content (AvgIpc) is 2.52. The highest BCUT2D eigenvalue weighted by Gasteiger charge is 2.29. The number of hydrogen-bond donors (Lipinski definition) is 1. The summed E-state index contributed by atoms with van der Waals surface area (Å²) in [4.78, 5) is 11.9. The van der Waals surface area contributed by atoms with Gasteiger partial charge in [-0.25, -0.2) is 4.39 Å². The molecule has 0 atom stereocenters. The van der Waals surface area contributed by atoms with Crippen molar-refractivity contribution in [1.29, 1.82) is 0 Å². The molecule has 0 radical (unpaired) electrons. The molecule has 0 saturated heterocycles. The zero-order chi connectivity index (χ0) is 18.4. The maximum Gasteiger partial charge on any atom is 0.422 e. The predicted octanol–water partition coefficient (Wildman–Crippen LogP) is 5.07. The predicted molar refractivity (Wildman–Crippen MR) is 87.1 cm³/mol. The fourth-order valence-corrected chi connectivity index (χ4v) is 2.01. The molecule has 132 valence electrons. The van der Waals surface area contributed by atoms with Gasteiger partial charge in [0.1, 0.15) is 11.6 Å². The average molecular weight is 374 g/mol. The van der Waals surface area contributed by atoms with Gasteiger partial charge in [0.2, 0.25) is 5.91 Å². The maximum absolute atomic E-state index is 13.5. The van der Waals surface area contributed by atoms with Gasteiger partial charge in [0, 0.05) is 16.7 Å². The normalized spacial score (nSPS) is 11.6. The summed E-state index contributed by atoms with van der Waals surface area (Å²) >= 11 is 5.79. The van der Waals surface area contributed by atoms with Crippen LogP contribution >= 0.6 is 11.6 Å². The number of alkyl halides is 3. The third-order valence-corrected chi connectivity index (χ3v) is 3.15. The van der Waals surface area contributed by atoms with Gasteiger partial charge in [-0.1, -0.05) is 29.8 Å². The number of amides is 1. The van der Waals surface area contributed by atoms with Crippen LogP contribution in [0.3, 0.4) is 0 Å². The Balaban J connectivity index is 2.11. The van der Waals surface area contributed by atoms with Crippen LogP contribution in [-0.4, -0.2) is 18.7 Å². The molecule has 1 amide bonds. The molecule has 0 heterocycles. The number of ether oxygens (including phenoxy) is 1. The van der Waals surface area contributed by atoms with E-state index in [4.69, 9.17) is 11.6 Å². The standard InChI is InChI=1S/C17H12ClF4NO2/c18-12-6-7-15(25-10-17(20,21)22)14(9-12)23-16(24)8-5-11-3-1-2-4-13(11)19/h1-9H,10H2,(H,23,24). The molecule has 1 N–H and O–H groups in total. The molecule has 0 bridgehead atoms. The fourth-order valence-electron chi connectivity index (χ4n) is 1.84. The molecule has 0 aliphatic carbocycles. The lowest BCUT2D eigenvalue weighted by Gasteiger charge is -2.13. The van der Waals surface area contributed by atoms with Crippen LogP contribution in [0.25, 0.3) is 6.08 Å². The van der Waals surface area contributed by atoms with E-state index in [0.29, 0.717) is 0 Å². The van der Waals surface area contributed by atoms with Crippen molar-refractivity contribution in [2.45, 2.75) is 6.18 Å². The molecule has 0 saturated carbocycles. The first-order chi connectivity index (χ1) is 11.7. The van der Waals surface area contributed by atoms with Gasteiger partial charge in [-0.15, -0.1) is 0 Å². The monoisotopic (exact) mass is 373 g/mol. The highest BCUT2D eigenvalue weighted by Crippen LogP contribution is 2.29. The first-order valence-electron chi connectivity index (χ1n) is 6.97. The van der Waals surface area contributed by atoms with E-state index < -0.39 is 24.5 Å². The second-order valence-electron chi connectivity index (χ2n) is 4.89. The number of rotatable bonds is 5. The van der Waals surface area contributed by atoms with Crippen molar-refractivity contribution in [3.8, 4) is 5.75 Å². The SMILES string of the molecule is O=C(C=Cc1ccccc1F)Nc1cc(Cl)ccc1OCC(F)(F)F. The van der Waals surface area contributed by atoms with Gasteiger partial charge >= 0.3 is 6.18 Å². The van der Waals surface area contributed by atoms with E-state index in [1.54, 1.807) is 6.07 Å². The van der Waals surface area contributed by atoms with Crippen LogP contribution in [0.2, 0.25) is 5.02 Å². The third kappa shape index (κ3) is 6.11. The molecule has 0 fully saturated rings. The van der Waals surface area contributed by atoms with Crippen LogP contribution in [-0.2, 0) is 4.79 Å². The van der Waals surface area contributed by atoms with Gasteiger partial charge in [0.05, 0.1) is 5.69 Å². The Morgan fingerprint density at radius 2 is 1.92 bits per heavy atom. The Hall–Kier alpha value is -2.54. The summed E-state index contributed by atoms with van der Waals surface area (Å²) < 4.78 is 55.0. The summed E-state index contributed by atoms with van der Waals surface area (Å²) in [7, 11) is 0. The van der Waals surface area contributed by atoms with Gasteiger partial charge in [0.25, 0.3) is 0 Å². The van der Waals surface area contributed by atoms with Crippen LogP contribution in [0, 0.1) is 5.82 Å². The number of hydrogen-bond acceptors (Lipinski definition) is 2. The molecular formula is C17H12ClF4NO2. The molecule has 3 nitrogen and oxygen atoms in total. The first kappa shape index (κ1) is 18.8. The Morgan fingerprint density at radius 3 is 2.60 bits per heavy atom. The van der Waals surface area contributed by atoms with Crippen molar-refractivity contribution in [2.24, 2.45) is 0 Å². The summed E-state index contributed by atoms with van der Waals surface area (Å²) in [5.74, 6) is -1.37. The molecule has 2 aromatic carbocycles. The maximum atomic E-state index is 13.5. The number of benzene rings is 2. The largest absolute Gasteiger partial charge is 0.482 e. The quantitative estimate of drug-likeness (QED) is 0.587. The van der Waals surface area contributed by atoms with Gasteiger partial charge < -0.3 is 10.1 Å². The van der Waals surface area contributed by atoms with Gasteiger partial charge in [-0.05, 0) is 30.3 Å². The number of anilines is 1. The molecule has 0 aromatic heterocycles. The minimum absolute atomic E-state index is 0.0278. The van der Waals surface area contributed by atoms with E-state index in [-0.39, 0.29) is 22.0 Å². The van der Waals surface area contributed by atoms with E-state index in [1.165, 1.54) is 42.5 Å². The Kier molecular flexibility index (Phi) is 6.03. The molecule has 2 aromatic rings. The smallest absolute Gasteiger partial charge is 0.422 e. The number of nitrogens with one attached hydrogen (secondary N) is 1. The third-order valence-electron chi connectivity index (χ3n) is 2.91. The summed E-state index contributed by atoms with van der Waals surface area (Å²) in [5, 5.41) is 2.55. The molecule has 0 unspecified atom stereocenters. The molecule has 25 heavy (non-hydrogen) atoms. The minimum atomic E-state index is -4.52. The first-order valence-corrected chi connectivity index (χ1v) is 7.35. The van der Waals surface area contributed by atoms with Crippen LogP contribution in [0.15, 0.2) is 48.5 Å². The Labute approximate surface area is 145 Å². The minimum Gasteiger partial charge on any atom is -0.482 e. The van der Waals surface area contributed by atoms with E-state index >= 15 is 0 Å². The van der Waals surface area contributed by atoms with Crippen molar-refractivity contribution in [1.82, 2.24) is 0 Å². The number of carbonyl (C=O) groups excluding carboxylic acids is 1. The lowest BCUT2D eigenvalue weighted by Crippen LogP contribution is -2.20. The van der Waals surface area contributed by atoms with Gasteiger partial charge in [0.15, 0.2) is 6.61 Å². The molecule has 8 heteroatoms. The van der Waals surface area contributed by atoms with Crippen molar-refractivity contribution < 1.29 is 27.1 Å². The number of carbonyl (C=O) groups is 1. The molecule has 0 spiro atoms. The van der Waals surface area contributed by atoms with Gasteiger partial charge in [-0.2, -0.15) is 13.2 Å². The summed E-state index contributed by atoms with van der Waals surface area (Å²) in [6.07, 6.45) is -2.23. The number of halogens is 5. The van der Waals surface area contributed by atoms with Crippen LogP contribution in [0.1, 0.15) is 5.56 Å². The van der Waals surface area contributed by atoms with E-state index in [1.807, 2.05) is 0 Å². The van der Waals surface area contributed by atoms with E-state index in [0.717, 1.165) is 6.08 Å². The fraction of sp³-hybridized carbons (Fsp3) is 0.118.